The van der Waals surface area contributed by atoms with Crippen LogP contribution in [0.1, 0.15) is 6.92 Å². The van der Waals surface area contributed by atoms with Crippen LogP contribution in [0.5, 0.6) is 0 Å². The summed E-state index contributed by atoms with van der Waals surface area (Å²) in [5, 5.41) is 1.24. The van der Waals surface area contributed by atoms with Gasteiger partial charge in [0.25, 0.3) is 0 Å². The summed E-state index contributed by atoms with van der Waals surface area (Å²) < 4.78 is 13.1. The number of hydrogen-bond donors (Lipinski definition) is 1. The van der Waals surface area contributed by atoms with Crippen LogP contribution in [0.3, 0.4) is 0 Å². The molecule has 0 atom stereocenters. The molecule has 0 spiro atoms. The molecule has 0 aliphatic carbocycles. The van der Waals surface area contributed by atoms with Crippen LogP contribution >= 0.6 is 23.4 Å². The summed E-state index contributed by atoms with van der Waals surface area (Å²) >= 11 is 7.60. The van der Waals surface area contributed by atoms with Crippen LogP contribution in [0.4, 0.5) is 4.39 Å². The third-order valence-corrected chi connectivity index (χ3v) is 4.06. The molecule has 0 aliphatic heterocycles. The number of aromatic nitrogens is 3. The molecule has 112 valence electrons. The smallest absolute Gasteiger partial charge is 0.166 e. The lowest BCUT2D eigenvalue weighted by atomic mass is 10.1. The minimum atomic E-state index is -0.264. The number of nitrogens with one attached hydrogen (secondary N) is 1. The highest BCUT2D eigenvalue weighted by Crippen LogP contribution is 2.33. The van der Waals surface area contributed by atoms with E-state index in [0.717, 1.165) is 33.4 Å². The molecular weight excluding hydrogens is 321 g/mol. The van der Waals surface area contributed by atoms with Crippen LogP contribution in [0.15, 0.2) is 47.8 Å². The van der Waals surface area contributed by atoms with Gasteiger partial charge in [-0.25, -0.2) is 14.4 Å². The van der Waals surface area contributed by atoms with E-state index in [1.165, 1.54) is 12.1 Å². The molecular formula is C16H13ClFN3S. The van der Waals surface area contributed by atoms with Crippen LogP contribution in [0.25, 0.3) is 22.5 Å². The molecule has 0 amide bonds. The van der Waals surface area contributed by atoms with E-state index >= 15 is 0 Å². The molecule has 0 saturated heterocycles. The molecule has 0 fully saturated rings. The normalized spacial score (nSPS) is 10.9. The van der Waals surface area contributed by atoms with Gasteiger partial charge in [-0.2, -0.15) is 0 Å². The van der Waals surface area contributed by atoms with E-state index in [9.17, 15) is 4.39 Å². The van der Waals surface area contributed by atoms with Gasteiger partial charge in [-0.15, -0.1) is 0 Å². The summed E-state index contributed by atoms with van der Waals surface area (Å²) in [6.07, 6.45) is 1.65. The molecule has 1 N–H and O–H groups in total. The lowest BCUT2D eigenvalue weighted by Gasteiger charge is -2.03. The second kappa shape index (κ2) is 6.50. The second-order valence-electron chi connectivity index (χ2n) is 4.57. The van der Waals surface area contributed by atoms with E-state index in [1.54, 1.807) is 36.2 Å². The Morgan fingerprint density at radius 2 is 1.95 bits per heavy atom. The Balaban J connectivity index is 2.13. The van der Waals surface area contributed by atoms with E-state index in [-0.39, 0.29) is 5.82 Å². The lowest BCUT2D eigenvalue weighted by molar-refractivity contribution is 0.628. The minimum Gasteiger partial charge on any atom is -0.332 e. The number of imidazole rings is 1. The summed E-state index contributed by atoms with van der Waals surface area (Å²) in [7, 11) is 0. The van der Waals surface area contributed by atoms with Crippen molar-refractivity contribution < 1.29 is 4.39 Å². The predicted octanol–water partition coefficient (Wildman–Crippen LogP) is 5.04. The van der Waals surface area contributed by atoms with Crippen molar-refractivity contribution >= 4 is 23.4 Å². The number of pyridine rings is 1. The maximum atomic E-state index is 13.1. The number of benzene rings is 1. The molecule has 6 heteroatoms. The van der Waals surface area contributed by atoms with Crippen molar-refractivity contribution in [2.45, 2.75) is 12.1 Å². The molecule has 2 heterocycles. The highest BCUT2D eigenvalue weighted by atomic mass is 35.5. The van der Waals surface area contributed by atoms with Gasteiger partial charge in [0.15, 0.2) is 5.16 Å². The number of thioether (sulfide) groups is 1. The van der Waals surface area contributed by atoms with Crippen LogP contribution in [0, 0.1) is 5.82 Å². The predicted molar refractivity (Wildman–Crippen MR) is 88.6 cm³/mol. The van der Waals surface area contributed by atoms with Crippen LogP contribution in [-0.4, -0.2) is 20.7 Å². The van der Waals surface area contributed by atoms with Gasteiger partial charge in [0.2, 0.25) is 0 Å². The van der Waals surface area contributed by atoms with Crippen LogP contribution in [-0.2, 0) is 0 Å². The largest absolute Gasteiger partial charge is 0.332 e. The summed E-state index contributed by atoms with van der Waals surface area (Å²) in [5.74, 6) is 0.646. The van der Waals surface area contributed by atoms with Crippen molar-refractivity contribution in [1.29, 1.82) is 0 Å². The highest BCUT2D eigenvalue weighted by Gasteiger charge is 2.14. The van der Waals surface area contributed by atoms with Crippen molar-refractivity contribution in [3.05, 3.63) is 53.6 Å². The standard InChI is InChI=1S/C16H13ClFN3S/c1-2-22-16-20-14(10-3-5-12(18)6-4-10)15(21-16)11-7-8-19-13(17)9-11/h3-9H,2H2,1H3,(H,20,21). The molecule has 22 heavy (non-hydrogen) atoms. The Morgan fingerprint density at radius 3 is 2.64 bits per heavy atom. The van der Waals surface area contributed by atoms with Gasteiger partial charge in [-0.05, 0) is 42.2 Å². The first-order chi connectivity index (χ1) is 10.7. The number of nitrogens with zero attached hydrogens (tertiary/aromatic N) is 2. The zero-order valence-corrected chi connectivity index (χ0v) is 13.4. The summed E-state index contributed by atoms with van der Waals surface area (Å²) in [5.41, 5.74) is 3.38. The van der Waals surface area contributed by atoms with Gasteiger partial charge in [0.05, 0.1) is 11.4 Å². The van der Waals surface area contributed by atoms with Crippen molar-refractivity contribution in [2.24, 2.45) is 0 Å². The molecule has 0 bridgehead atoms. The molecule has 3 rings (SSSR count). The Hall–Kier alpha value is -1.85. The average molecular weight is 334 g/mol. The van der Waals surface area contributed by atoms with Gasteiger partial charge in [-0.3, -0.25) is 0 Å². The number of halogens is 2. The Kier molecular flexibility index (Phi) is 4.45. The highest BCUT2D eigenvalue weighted by molar-refractivity contribution is 7.99. The van der Waals surface area contributed by atoms with Gasteiger partial charge in [-0.1, -0.05) is 30.3 Å². The fraction of sp³-hybridized carbons (Fsp3) is 0.125. The quantitative estimate of drug-likeness (QED) is 0.537. The average Bonchev–Trinajstić information content (AvgIpc) is 2.92. The zero-order valence-electron chi connectivity index (χ0n) is 11.8. The first-order valence-corrected chi connectivity index (χ1v) is 8.14. The van der Waals surface area contributed by atoms with Crippen LogP contribution < -0.4 is 0 Å². The van der Waals surface area contributed by atoms with E-state index < -0.39 is 0 Å². The second-order valence-corrected chi connectivity index (χ2v) is 6.21. The van der Waals surface area contributed by atoms with E-state index in [4.69, 9.17) is 11.6 Å². The maximum Gasteiger partial charge on any atom is 0.166 e. The van der Waals surface area contributed by atoms with E-state index in [1.807, 2.05) is 6.07 Å². The zero-order chi connectivity index (χ0) is 15.5. The Labute approximate surface area is 137 Å². The van der Waals surface area contributed by atoms with E-state index in [0.29, 0.717) is 5.15 Å². The van der Waals surface area contributed by atoms with E-state index in [2.05, 4.69) is 21.9 Å². The van der Waals surface area contributed by atoms with Gasteiger partial charge < -0.3 is 4.98 Å². The minimum absolute atomic E-state index is 0.264. The number of rotatable bonds is 4. The molecule has 2 aromatic heterocycles. The maximum absolute atomic E-state index is 13.1. The fourth-order valence-electron chi connectivity index (χ4n) is 2.14. The van der Waals surface area contributed by atoms with Crippen LogP contribution in [0.2, 0.25) is 5.15 Å². The topological polar surface area (TPSA) is 41.6 Å². The monoisotopic (exact) mass is 333 g/mol. The molecule has 0 unspecified atom stereocenters. The van der Waals surface area contributed by atoms with Crippen molar-refractivity contribution in [3.63, 3.8) is 0 Å². The third-order valence-electron chi connectivity index (χ3n) is 3.10. The fourth-order valence-corrected chi connectivity index (χ4v) is 2.92. The summed E-state index contributed by atoms with van der Waals surface area (Å²) in [4.78, 5) is 11.9. The van der Waals surface area contributed by atoms with Gasteiger partial charge in [0.1, 0.15) is 11.0 Å². The molecule has 0 radical (unpaired) electrons. The van der Waals surface area contributed by atoms with Crippen molar-refractivity contribution in [3.8, 4) is 22.5 Å². The summed E-state index contributed by atoms with van der Waals surface area (Å²) in [6, 6.07) is 9.96. The third kappa shape index (κ3) is 3.15. The van der Waals surface area contributed by atoms with Crippen molar-refractivity contribution in [2.75, 3.05) is 5.75 Å². The molecule has 3 aromatic rings. The number of hydrogen-bond acceptors (Lipinski definition) is 3. The van der Waals surface area contributed by atoms with Gasteiger partial charge in [0, 0.05) is 17.3 Å². The number of aromatic amines is 1. The first-order valence-electron chi connectivity index (χ1n) is 6.78. The summed E-state index contributed by atoms with van der Waals surface area (Å²) in [6.45, 7) is 2.06. The molecule has 3 nitrogen and oxygen atoms in total. The lowest BCUT2D eigenvalue weighted by Crippen LogP contribution is -1.85. The molecule has 0 aliphatic rings. The Morgan fingerprint density at radius 1 is 1.18 bits per heavy atom. The number of H-pyrrole nitrogens is 1. The van der Waals surface area contributed by atoms with Gasteiger partial charge >= 0.3 is 0 Å². The molecule has 0 saturated carbocycles. The molecule has 1 aromatic carbocycles. The SMILES string of the molecule is CCSc1nc(-c2ccnc(Cl)c2)c(-c2ccc(F)cc2)[nH]1. The van der Waals surface area contributed by atoms with Crippen molar-refractivity contribution in [1.82, 2.24) is 15.0 Å². The first kappa shape index (κ1) is 15.1. The Bertz CT molecular complexity index is 786.